The minimum Gasteiger partial charge on any atom is -0.193 e. The molecule has 0 aliphatic heterocycles. The second kappa shape index (κ2) is 4.30. The van der Waals surface area contributed by atoms with Gasteiger partial charge in [-0.15, -0.1) is 0 Å². The van der Waals surface area contributed by atoms with Gasteiger partial charge in [-0.3, -0.25) is 0 Å². The van der Waals surface area contributed by atoms with Crippen LogP contribution < -0.4 is 0 Å². The van der Waals surface area contributed by atoms with Gasteiger partial charge in [-0.1, -0.05) is 39.7 Å². The fraction of sp³-hybridized carbons (Fsp3) is 0. The molecule has 0 radical (unpaired) electrons. The van der Waals surface area contributed by atoms with Crippen molar-refractivity contribution in [1.29, 1.82) is 5.26 Å². The third-order valence-corrected chi connectivity index (χ3v) is 2.17. The second-order valence-electron chi connectivity index (χ2n) is 2.13. The van der Waals surface area contributed by atoms with E-state index in [-0.39, 0.29) is 0 Å². The number of nitrogens with zero attached hydrogens (tertiary/aromatic N) is 1. The van der Waals surface area contributed by atoms with Crippen molar-refractivity contribution in [3.63, 3.8) is 0 Å². The van der Waals surface area contributed by atoms with Crippen LogP contribution >= 0.6 is 27.5 Å². The van der Waals surface area contributed by atoms with Crippen molar-refractivity contribution in [3.05, 3.63) is 40.4 Å². The predicted octanol–water partition coefficient (Wildman–Crippen LogP) is 3.55. The molecule has 0 N–H and O–H groups in total. The van der Waals surface area contributed by atoms with Crippen LogP contribution in [-0.2, 0) is 0 Å². The Morgan fingerprint density at radius 3 is 2.50 bits per heavy atom. The van der Waals surface area contributed by atoms with E-state index in [0.29, 0.717) is 5.03 Å². The molecule has 0 aromatic heterocycles. The number of halogens is 2. The average Bonchev–Trinajstić information content (AvgIpc) is 2.06. The van der Waals surface area contributed by atoms with Crippen LogP contribution in [0.3, 0.4) is 0 Å². The molecule has 12 heavy (non-hydrogen) atoms. The van der Waals surface area contributed by atoms with Crippen molar-refractivity contribution in [2.75, 3.05) is 0 Å². The third-order valence-electron chi connectivity index (χ3n) is 1.31. The number of benzene rings is 1. The summed E-state index contributed by atoms with van der Waals surface area (Å²) in [4.78, 5) is 0. The number of allylic oxidation sites excluding steroid dienone is 1. The molecule has 0 fully saturated rings. The monoisotopic (exact) mass is 241 g/mol. The Hall–Kier alpha value is -0.780. The fourth-order valence-electron chi connectivity index (χ4n) is 0.749. The number of hydrogen-bond donors (Lipinski definition) is 0. The molecule has 60 valence electrons. The zero-order chi connectivity index (χ0) is 8.97. The molecular formula is C9H5BrClN. The largest absolute Gasteiger partial charge is 0.193 e. The zero-order valence-electron chi connectivity index (χ0n) is 6.09. The van der Waals surface area contributed by atoms with Crippen molar-refractivity contribution < 1.29 is 0 Å². The van der Waals surface area contributed by atoms with Gasteiger partial charge in [0, 0.05) is 10.5 Å². The van der Waals surface area contributed by atoms with Crippen molar-refractivity contribution in [2.24, 2.45) is 0 Å². The maximum absolute atomic E-state index is 8.33. The van der Waals surface area contributed by atoms with Crippen LogP contribution in [0.15, 0.2) is 34.8 Å². The first kappa shape index (κ1) is 9.31. The zero-order valence-corrected chi connectivity index (χ0v) is 8.43. The van der Waals surface area contributed by atoms with E-state index in [1.165, 1.54) is 6.08 Å². The van der Waals surface area contributed by atoms with Gasteiger partial charge in [0.2, 0.25) is 0 Å². The molecule has 0 spiro atoms. The Morgan fingerprint density at radius 1 is 1.42 bits per heavy atom. The highest BCUT2D eigenvalue weighted by molar-refractivity contribution is 9.10. The Balaban J connectivity index is 2.99. The molecule has 0 saturated carbocycles. The maximum Gasteiger partial charge on any atom is 0.0927 e. The highest BCUT2D eigenvalue weighted by Crippen LogP contribution is 2.20. The summed E-state index contributed by atoms with van der Waals surface area (Å²) in [5.41, 5.74) is 0.849. The topological polar surface area (TPSA) is 23.8 Å². The quantitative estimate of drug-likeness (QED) is 0.691. The van der Waals surface area contributed by atoms with Crippen molar-refractivity contribution in [3.8, 4) is 6.07 Å². The third kappa shape index (κ3) is 2.37. The Kier molecular flexibility index (Phi) is 3.33. The second-order valence-corrected chi connectivity index (χ2v) is 3.45. The van der Waals surface area contributed by atoms with Crippen molar-refractivity contribution >= 4 is 32.6 Å². The molecule has 1 aromatic rings. The van der Waals surface area contributed by atoms with Gasteiger partial charge >= 0.3 is 0 Å². The lowest BCUT2D eigenvalue weighted by Gasteiger charge is -1.96. The molecule has 1 rings (SSSR count). The van der Waals surface area contributed by atoms with Crippen LogP contribution in [0.5, 0.6) is 0 Å². The first-order valence-electron chi connectivity index (χ1n) is 3.25. The summed E-state index contributed by atoms with van der Waals surface area (Å²) in [6.45, 7) is 0. The maximum atomic E-state index is 8.33. The van der Waals surface area contributed by atoms with Gasteiger partial charge in [-0.2, -0.15) is 5.26 Å². The van der Waals surface area contributed by atoms with Gasteiger partial charge in [0.1, 0.15) is 0 Å². The van der Waals surface area contributed by atoms with Crippen LogP contribution in [0.25, 0.3) is 5.03 Å². The van der Waals surface area contributed by atoms with Gasteiger partial charge in [-0.25, -0.2) is 0 Å². The summed E-state index contributed by atoms with van der Waals surface area (Å²) in [6, 6.07) is 9.33. The van der Waals surface area contributed by atoms with E-state index in [9.17, 15) is 0 Å². The minimum absolute atomic E-state index is 0.463. The normalized spacial score (nSPS) is 10.9. The van der Waals surface area contributed by atoms with E-state index in [1.54, 1.807) is 0 Å². The first-order chi connectivity index (χ1) is 5.74. The fourth-order valence-corrected chi connectivity index (χ4v) is 1.19. The molecule has 0 aliphatic carbocycles. The smallest absolute Gasteiger partial charge is 0.0927 e. The van der Waals surface area contributed by atoms with Gasteiger partial charge in [0.15, 0.2) is 0 Å². The highest BCUT2D eigenvalue weighted by atomic mass is 79.9. The number of rotatable bonds is 1. The van der Waals surface area contributed by atoms with E-state index in [2.05, 4.69) is 15.9 Å². The highest BCUT2D eigenvalue weighted by Gasteiger charge is 1.95. The van der Waals surface area contributed by atoms with Crippen LogP contribution in [0.1, 0.15) is 5.56 Å². The lowest BCUT2D eigenvalue weighted by molar-refractivity contribution is 1.53. The molecule has 1 nitrogen and oxygen atoms in total. The van der Waals surface area contributed by atoms with Crippen LogP contribution in [-0.4, -0.2) is 0 Å². The average molecular weight is 243 g/mol. The number of nitriles is 1. The van der Waals surface area contributed by atoms with Gasteiger partial charge in [0.25, 0.3) is 0 Å². The SMILES string of the molecule is N#C/C=C(/Cl)c1ccc(Br)cc1. The van der Waals surface area contributed by atoms with E-state index in [4.69, 9.17) is 16.9 Å². The van der Waals surface area contributed by atoms with E-state index in [1.807, 2.05) is 30.3 Å². The predicted molar refractivity (Wildman–Crippen MR) is 53.6 cm³/mol. The Labute approximate surface area is 84.4 Å². The molecule has 0 heterocycles. The summed E-state index contributed by atoms with van der Waals surface area (Å²) in [6.07, 6.45) is 1.31. The van der Waals surface area contributed by atoms with E-state index < -0.39 is 0 Å². The molecule has 3 heteroatoms. The molecule has 0 atom stereocenters. The standard InChI is InChI=1S/C9H5BrClN/c10-8-3-1-7(2-4-8)9(11)5-6-12/h1-5H/b9-5+. The van der Waals surface area contributed by atoms with E-state index >= 15 is 0 Å². The molecule has 0 unspecified atom stereocenters. The Bertz CT molecular complexity index is 335. The summed E-state index contributed by atoms with van der Waals surface area (Å²) in [5, 5.41) is 8.80. The van der Waals surface area contributed by atoms with Gasteiger partial charge < -0.3 is 0 Å². The Morgan fingerprint density at radius 2 is 2.00 bits per heavy atom. The molecule has 0 bridgehead atoms. The first-order valence-corrected chi connectivity index (χ1v) is 4.42. The summed E-state index contributed by atoms with van der Waals surface area (Å²) in [5.74, 6) is 0. The van der Waals surface area contributed by atoms with Crippen LogP contribution in [0.2, 0.25) is 0 Å². The van der Waals surface area contributed by atoms with Gasteiger partial charge in [0.05, 0.1) is 11.1 Å². The van der Waals surface area contributed by atoms with E-state index in [0.717, 1.165) is 10.0 Å². The molecule has 1 aromatic carbocycles. The lowest BCUT2D eigenvalue weighted by Crippen LogP contribution is -1.75. The molecule has 0 amide bonds. The molecule has 0 aliphatic rings. The van der Waals surface area contributed by atoms with Crippen molar-refractivity contribution in [1.82, 2.24) is 0 Å². The van der Waals surface area contributed by atoms with Crippen LogP contribution in [0.4, 0.5) is 0 Å². The van der Waals surface area contributed by atoms with Gasteiger partial charge in [-0.05, 0) is 17.7 Å². The number of hydrogen-bond acceptors (Lipinski definition) is 1. The minimum atomic E-state index is 0.463. The summed E-state index contributed by atoms with van der Waals surface area (Å²) in [7, 11) is 0. The van der Waals surface area contributed by atoms with Crippen LogP contribution in [0, 0.1) is 11.3 Å². The summed E-state index contributed by atoms with van der Waals surface area (Å²) >= 11 is 9.09. The van der Waals surface area contributed by atoms with Crippen molar-refractivity contribution in [2.45, 2.75) is 0 Å². The molecule has 0 saturated heterocycles. The lowest BCUT2D eigenvalue weighted by atomic mass is 10.2. The summed E-state index contributed by atoms with van der Waals surface area (Å²) < 4.78 is 0.993. The molecular weight excluding hydrogens is 237 g/mol.